The molecule has 0 amide bonds. The highest BCUT2D eigenvalue weighted by Gasteiger charge is 2.07. The predicted molar refractivity (Wildman–Crippen MR) is 492 cm³/mol. The predicted octanol–water partition coefficient (Wildman–Crippen LogP) is 26.3. The van der Waals surface area contributed by atoms with Crippen LogP contribution in [0.15, 0.2) is 24.3 Å². The Bertz CT molecular complexity index is 2150. The zero-order chi connectivity index (χ0) is 91.5. The summed E-state index contributed by atoms with van der Waals surface area (Å²) in [4.78, 5) is 92.2. The van der Waals surface area contributed by atoms with Crippen LogP contribution in [0.4, 0.5) is 0 Å². The molecule has 3 unspecified atom stereocenters. The van der Waals surface area contributed by atoms with Crippen molar-refractivity contribution >= 4 is 53.5 Å². The second-order valence-corrected chi connectivity index (χ2v) is 32.7. The Labute approximate surface area is 732 Å². The maximum atomic E-state index is 10.4. The Morgan fingerprint density at radius 2 is 0.383 bits per heavy atom. The lowest BCUT2D eigenvalue weighted by atomic mass is 10.1. The number of carboxylic acids is 8. The number of hydrogen-bond acceptors (Lipinski definition) is 14. The van der Waals surface area contributed by atoms with Gasteiger partial charge in [0.1, 0.15) is 5.78 Å². The number of rotatable bonds is 82. The number of aliphatic hydroxyl groups is 5. The van der Waals surface area contributed by atoms with E-state index in [0.29, 0.717) is 44.7 Å². The highest BCUT2D eigenvalue weighted by atomic mass is 16.4. The summed E-state index contributed by atoms with van der Waals surface area (Å²) in [6.45, 7) is 12.9. The number of Topliss-reactive ketones (excluding diaryl/α,β-unsaturated/α-hetero) is 1. The van der Waals surface area contributed by atoms with Crippen LogP contribution in [0.2, 0.25) is 0 Å². The van der Waals surface area contributed by atoms with Crippen LogP contribution in [0.1, 0.15) is 517 Å². The van der Waals surface area contributed by atoms with E-state index in [1.165, 1.54) is 148 Å². The Hall–Kier alpha value is -5.29. The molecule has 0 saturated heterocycles. The highest BCUT2D eigenvalue weighted by Crippen LogP contribution is 2.17. The van der Waals surface area contributed by atoms with Gasteiger partial charge >= 0.3 is 47.8 Å². The molecule has 0 radical (unpaired) electrons. The Morgan fingerprint density at radius 3 is 0.567 bits per heavy atom. The van der Waals surface area contributed by atoms with Crippen LogP contribution in [0.25, 0.3) is 0 Å². The standard InChI is InChI=1S/C20H38O3.C18H34O3.C12H22O4.C12H24O3.C10H18O4.C10H20O3.C8H18O.C8H16O/c1-2-3-4-13-16-19(21)17-14-11-9-7-5-6-8-10-12-15-18-20(22)23;1-2-3-4-11-14-17(19)15-12-9-7-5-6-8-10-13-16-18(20)21;13-11(14)9-7-5-3-1-2-4-6-8-10-12(15)16;13-11-9-7-5-3-1-2-4-6-8-10-12(14)15;11-9(12)7-5-3-1-2-4-6-8-10(13)14;11-9-7-5-3-1-2-4-6-8-10(12)13;2*1-3-4-5-6-7-8(2)9/h11,14,19,21H,2-10,12-13,15-18H2,1H3,(H,22,23);9,12,17,19H,2-8,10-11,13-16H2,1H3,(H,20,21);1-10H2,(H,13,14)(H,15,16);13H,1-11H2,(H,14,15);1-8H2,(H,11,12)(H,13,14);11H,1-9H2,(H,12,13);8-9H,3-7H2,1-2H3;3-7H2,1-2H3/b14-11+;12-9+;;;;;;. The second kappa shape index (κ2) is 118. The Balaban J connectivity index is -0.000000203. The van der Waals surface area contributed by atoms with E-state index < -0.39 is 47.8 Å². The second-order valence-electron chi connectivity index (χ2n) is 32.7. The van der Waals surface area contributed by atoms with Crippen LogP contribution in [0.3, 0.4) is 0 Å². The third-order valence-corrected chi connectivity index (χ3v) is 20.0. The summed E-state index contributed by atoms with van der Waals surface area (Å²) in [6.07, 6.45) is 81.4. The van der Waals surface area contributed by atoms with Crippen molar-refractivity contribution in [2.45, 2.75) is 535 Å². The van der Waals surface area contributed by atoms with Crippen LogP contribution >= 0.6 is 0 Å². The van der Waals surface area contributed by atoms with Crippen molar-refractivity contribution in [2.24, 2.45) is 0 Å². The molecule has 0 spiro atoms. The van der Waals surface area contributed by atoms with Gasteiger partial charge < -0.3 is 71.2 Å². The van der Waals surface area contributed by atoms with Crippen molar-refractivity contribution in [3.8, 4) is 0 Å². The molecule has 0 rings (SSSR count). The van der Waals surface area contributed by atoms with Gasteiger partial charge in [0.25, 0.3) is 0 Å². The topological polar surface area (TPSA) is 417 Å². The molecule has 22 heteroatoms. The fourth-order valence-electron chi connectivity index (χ4n) is 12.5. The summed E-state index contributed by atoms with van der Waals surface area (Å²) in [5, 5.41) is 113. The molecule has 0 aromatic heterocycles. The van der Waals surface area contributed by atoms with Crippen molar-refractivity contribution in [2.75, 3.05) is 13.2 Å². The summed E-state index contributed by atoms with van der Waals surface area (Å²) < 4.78 is 0. The van der Waals surface area contributed by atoms with Gasteiger partial charge in [0, 0.05) is 71.0 Å². The third kappa shape index (κ3) is 164. The maximum Gasteiger partial charge on any atom is 0.303 e. The normalized spacial score (nSPS) is 11.4. The minimum Gasteiger partial charge on any atom is -0.481 e. The van der Waals surface area contributed by atoms with Crippen molar-refractivity contribution in [3.63, 3.8) is 0 Å². The molecule has 0 bridgehead atoms. The van der Waals surface area contributed by atoms with E-state index in [1.54, 1.807) is 6.92 Å². The molecule has 0 heterocycles. The number of aliphatic carboxylic acids is 8. The van der Waals surface area contributed by atoms with Gasteiger partial charge in [-0.1, -0.05) is 341 Å². The number of carbonyl (C=O) groups is 9. The molecule has 0 fully saturated rings. The van der Waals surface area contributed by atoms with Gasteiger partial charge in [-0.25, -0.2) is 0 Å². The number of hydrogen-bond donors (Lipinski definition) is 13. The molecule has 0 aromatic rings. The largest absolute Gasteiger partial charge is 0.481 e. The van der Waals surface area contributed by atoms with Gasteiger partial charge in [-0.3, -0.25) is 38.4 Å². The average Bonchev–Trinajstić information content (AvgIpc) is 1.08. The molecule has 714 valence electrons. The fraction of sp³-hybridized carbons (Fsp3) is 0.867. The lowest BCUT2D eigenvalue weighted by Gasteiger charge is -2.07. The molecule has 0 aliphatic rings. The molecular formula is C98H190O22. The minimum absolute atomic E-state index is 0.0955. The number of carbonyl (C=O) groups excluding carboxylic acids is 1. The number of allylic oxidation sites excluding steroid dienone is 2. The fourth-order valence-corrected chi connectivity index (χ4v) is 12.5. The summed E-state index contributed by atoms with van der Waals surface area (Å²) >= 11 is 0. The van der Waals surface area contributed by atoms with Gasteiger partial charge in [0.15, 0.2) is 0 Å². The van der Waals surface area contributed by atoms with Crippen LogP contribution in [-0.2, 0) is 43.2 Å². The third-order valence-electron chi connectivity index (χ3n) is 20.0. The van der Waals surface area contributed by atoms with Gasteiger partial charge in [-0.2, -0.15) is 0 Å². The van der Waals surface area contributed by atoms with Crippen LogP contribution in [-0.4, -0.2) is 151 Å². The lowest BCUT2D eigenvalue weighted by molar-refractivity contribution is -0.138. The van der Waals surface area contributed by atoms with Gasteiger partial charge in [0.05, 0.1) is 18.3 Å². The number of unbranched alkanes of at least 4 members (excludes halogenated alkanes) is 50. The monoisotopic (exact) mass is 1720 g/mol. The lowest BCUT2D eigenvalue weighted by Crippen LogP contribution is -2.04. The molecule has 0 aromatic carbocycles. The first-order valence-electron chi connectivity index (χ1n) is 48.5. The molecule has 120 heavy (non-hydrogen) atoms. The van der Waals surface area contributed by atoms with E-state index in [9.17, 15) is 53.4 Å². The SMILES string of the molecule is CCCCCCC(C)=O.CCCCCCC(C)O.CCCCCCC(O)C/C=C/CCCCCCCC(=O)O.CCCCCCC(O)C/C=C/CCCCCCCCCC(=O)O.O=C(O)CCCCCCCCC(=O)O.O=C(O)CCCCCCCCCCC(=O)O.O=C(O)CCCCCCCCCCCO.O=C(O)CCCCCCCCCO. The average molecular weight is 1720 g/mol. The van der Waals surface area contributed by atoms with E-state index in [0.717, 1.165) is 276 Å². The van der Waals surface area contributed by atoms with Crippen molar-refractivity contribution < 1.29 is 110 Å². The molecular weight excluding hydrogens is 1530 g/mol. The first-order valence-corrected chi connectivity index (χ1v) is 48.5. The van der Waals surface area contributed by atoms with Crippen molar-refractivity contribution in [1.29, 1.82) is 0 Å². The van der Waals surface area contributed by atoms with E-state index in [1.807, 2.05) is 6.92 Å². The van der Waals surface area contributed by atoms with Crippen LogP contribution in [0, 0.1) is 0 Å². The smallest absolute Gasteiger partial charge is 0.303 e. The number of carboxylic acid groups (broad SMARTS) is 8. The zero-order valence-corrected chi connectivity index (χ0v) is 77.8. The van der Waals surface area contributed by atoms with Gasteiger partial charge in [-0.05, 0) is 142 Å². The first kappa shape index (κ1) is 130. The zero-order valence-electron chi connectivity index (χ0n) is 77.8. The summed E-state index contributed by atoms with van der Waals surface area (Å²) in [6, 6.07) is 0. The molecule has 0 saturated carbocycles. The first-order chi connectivity index (χ1) is 57.7. The number of aliphatic hydroxyl groups excluding tert-OH is 5. The van der Waals surface area contributed by atoms with Crippen molar-refractivity contribution in [3.05, 3.63) is 24.3 Å². The Morgan fingerprint density at radius 1 is 0.217 bits per heavy atom. The molecule has 0 aliphatic heterocycles. The van der Waals surface area contributed by atoms with Crippen molar-refractivity contribution in [1.82, 2.24) is 0 Å². The van der Waals surface area contributed by atoms with E-state index in [2.05, 4.69) is 52.0 Å². The van der Waals surface area contributed by atoms with E-state index >= 15 is 0 Å². The minimum atomic E-state index is -0.740. The Kier molecular flexibility index (Phi) is 128. The quantitative estimate of drug-likeness (QED) is 0.0199. The number of ketones is 1. The molecule has 0 aliphatic carbocycles. The van der Waals surface area contributed by atoms with Crippen LogP contribution < -0.4 is 0 Å². The van der Waals surface area contributed by atoms with E-state index in [4.69, 9.17) is 56.2 Å². The van der Waals surface area contributed by atoms with E-state index in [-0.39, 0.29) is 44.0 Å². The molecule has 3 atom stereocenters. The summed E-state index contributed by atoms with van der Waals surface area (Å²) in [5.41, 5.74) is 0. The molecule has 13 N–H and O–H groups in total. The van der Waals surface area contributed by atoms with Gasteiger partial charge in [-0.15, -0.1) is 0 Å². The highest BCUT2D eigenvalue weighted by molar-refractivity contribution is 5.75. The summed E-state index contributed by atoms with van der Waals surface area (Å²) in [7, 11) is 0. The van der Waals surface area contributed by atoms with Gasteiger partial charge in [0.2, 0.25) is 0 Å². The maximum absolute atomic E-state index is 10.4. The van der Waals surface area contributed by atoms with Crippen LogP contribution in [0.5, 0.6) is 0 Å². The summed E-state index contributed by atoms with van der Waals surface area (Å²) in [5.74, 6) is -5.33. The molecule has 22 nitrogen and oxygen atoms in total.